The topological polar surface area (TPSA) is 35.2 Å². The third-order valence-electron chi connectivity index (χ3n) is 2.89. The van der Waals surface area contributed by atoms with Gasteiger partial charge in [-0.15, -0.1) is 0 Å². The Bertz CT molecular complexity index is 510. The highest BCUT2D eigenvalue weighted by molar-refractivity contribution is 9.10. The van der Waals surface area contributed by atoms with Crippen LogP contribution in [0, 0.1) is 0 Å². The van der Waals surface area contributed by atoms with Crippen molar-refractivity contribution in [3.8, 4) is 0 Å². The lowest BCUT2D eigenvalue weighted by Gasteiger charge is -2.05. The molecular formula is C16H18BrNO. The molecule has 0 atom stereocenters. The fourth-order valence-corrected chi connectivity index (χ4v) is 2.16. The molecule has 0 unspecified atom stereocenters. The van der Waals surface area contributed by atoms with E-state index in [1.54, 1.807) is 0 Å². The van der Waals surface area contributed by atoms with E-state index in [0.717, 1.165) is 29.6 Å². The zero-order chi connectivity index (χ0) is 13.5. The van der Waals surface area contributed by atoms with E-state index in [1.807, 2.05) is 30.3 Å². The summed E-state index contributed by atoms with van der Waals surface area (Å²) >= 11 is 3.42. The summed E-state index contributed by atoms with van der Waals surface area (Å²) in [4.78, 5) is 0. The zero-order valence-electron chi connectivity index (χ0n) is 10.8. The molecule has 100 valence electrons. The van der Waals surface area contributed by atoms with Crippen LogP contribution in [-0.2, 0) is 17.8 Å². The van der Waals surface area contributed by atoms with E-state index in [-0.39, 0.29) is 0 Å². The Kier molecular flexibility index (Phi) is 5.43. The lowest BCUT2D eigenvalue weighted by atomic mass is 10.1. The van der Waals surface area contributed by atoms with Crippen LogP contribution in [-0.4, -0.2) is 6.61 Å². The standard InChI is InChI=1S/C16H18BrNO/c17-15-8-6-14(7-9-15)12-19-10-2-4-13-3-1-5-16(18)11-13/h1,3,5-9,11H,2,4,10,12,18H2. The van der Waals surface area contributed by atoms with Crippen LogP contribution < -0.4 is 5.73 Å². The first kappa shape index (κ1) is 14.1. The molecule has 0 radical (unpaired) electrons. The van der Waals surface area contributed by atoms with Crippen molar-refractivity contribution in [1.82, 2.24) is 0 Å². The fourth-order valence-electron chi connectivity index (χ4n) is 1.90. The molecule has 0 aliphatic rings. The summed E-state index contributed by atoms with van der Waals surface area (Å²) in [5, 5.41) is 0. The summed E-state index contributed by atoms with van der Waals surface area (Å²) in [6.45, 7) is 1.44. The summed E-state index contributed by atoms with van der Waals surface area (Å²) in [5.41, 5.74) is 9.04. The second-order valence-electron chi connectivity index (χ2n) is 4.53. The van der Waals surface area contributed by atoms with Crippen molar-refractivity contribution in [1.29, 1.82) is 0 Å². The van der Waals surface area contributed by atoms with E-state index in [4.69, 9.17) is 10.5 Å². The van der Waals surface area contributed by atoms with Crippen molar-refractivity contribution in [2.75, 3.05) is 12.3 Å². The number of benzene rings is 2. The van der Waals surface area contributed by atoms with Crippen molar-refractivity contribution < 1.29 is 4.74 Å². The second kappa shape index (κ2) is 7.31. The van der Waals surface area contributed by atoms with Gasteiger partial charge in [-0.05, 0) is 48.2 Å². The summed E-state index contributed by atoms with van der Waals surface area (Å²) in [6.07, 6.45) is 2.02. The highest BCUT2D eigenvalue weighted by Crippen LogP contribution is 2.12. The Hall–Kier alpha value is -1.32. The molecule has 0 fully saturated rings. The molecule has 0 spiro atoms. The molecule has 0 bridgehead atoms. The molecule has 0 aromatic heterocycles. The van der Waals surface area contributed by atoms with E-state index >= 15 is 0 Å². The van der Waals surface area contributed by atoms with Crippen LogP contribution >= 0.6 is 15.9 Å². The average Bonchev–Trinajstić information content (AvgIpc) is 2.41. The maximum absolute atomic E-state index is 5.74. The Labute approximate surface area is 122 Å². The van der Waals surface area contributed by atoms with E-state index in [1.165, 1.54) is 11.1 Å². The minimum absolute atomic E-state index is 0.671. The SMILES string of the molecule is Nc1cccc(CCCOCc2ccc(Br)cc2)c1. The molecule has 2 aromatic carbocycles. The molecule has 19 heavy (non-hydrogen) atoms. The lowest BCUT2D eigenvalue weighted by molar-refractivity contribution is 0.118. The number of ether oxygens (including phenoxy) is 1. The first-order chi connectivity index (χ1) is 9.24. The van der Waals surface area contributed by atoms with Crippen molar-refractivity contribution in [2.45, 2.75) is 19.4 Å². The Balaban J connectivity index is 1.66. The smallest absolute Gasteiger partial charge is 0.0716 e. The van der Waals surface area contributed by atoms with Gasteiger partial charge < -0.3 is 10.5 Å². The van der Waals surface area contributed by atoms with Crippen LogP contribution in [0.2, 0.25) is 0 Å². The molecule has 0 amide bonds. The number of nitrogen functional groups attached to an aromatic ring is 1. The monoisotopic (exact) mass is 319 g/mol. The van der Waals surface area contributed by atoms with Crippen molar-refractivity contribution in [3.05, 3.63) is 64.1 Å². The van der Waals surface area contributed by atoms with Gasteiger partial charge in [0.1, 0.15) is 0 Å². The molecule has 2 rings (SSSR count). The lowest BCUT2D eigenvalue weighted by Crippen LogP contribution is -1.98. The van der Waals surface area contributed by atoms with Gasteiger partial charge in [-0.3, -0.25) is 0 Å². The molecular weight excluding hydrogens is 302 g/mol. The van der Waals surface area contributed by atoms with Crippen LogP contribution in [0.5, 0.6) is 0 Å². The van der Waals surface area contributed by atoms with Crippen LogP contribution in [0.25, 0.3) is 0 Å². The largest absolute Gasteiger partial charge is 0.399 e. The van der Waals surface area contributed by atoms with Gasteiger partial charge in [0, 0.05) is 16.8 Å². The predicted molar refractivity (Wildman–Crippen MR) is 83.0 cm³/mol. The molecule has 0 saturated carbocycles. The third kappa shape index (κ3) is 5.05. The average molecular weight is 320 g/mol. The number of anilines is 1. The van der Waals surface area contributed by atoms with Gasteiger partial charge in [-0.2, -0.15) is 0 Å². The quantitative estimate of drug-likeness (QED) is 0.640. The van der Waals surface area contributed by atoms with Gasteiger partial charge in [0.2, 0.25) is 0 Å². The summed E-state index contributed by atoms with van der Waals surface area (Å²) < 4.78 is 6.76. The zero-order valence-corrected chi connectivity index (χ0v) is 12.4. The number of nitrogens with two attached hydrogens (primary N) is 1. The first-order valence-corrected chi connectivity index (χ1v) is 7.20. The number of halogens is 1. The van der Waals surface area contributed by atoms with E-state index in [9.17, 15) is 0 Å². The molecule has 0 heterocycles. The van der Waals surface area contributed by atoms with E-state index in [0.29, 0.717) is 6.61 Å². The minimum Gasteiger partial charge on any atom is -0.399 e. The highest BCUT2D eigenvalue weighted by atomic mass is 79.9. The summed E-state index contributed by atoms with van der Waals surface area (Å²) in [7, 11) is 0. The van der Waals surface area contributed by atoms with Crippen molar-refractivity contribution >= 4 is 21.6 Å². The Morgan fingerprint density at radius 3 is 2.53 bits per heavy atom. The van der Waals surface area contributed by atoms with Gasteiger partial charge in [-0.1, -0.05) is 40.2 Å². The predicted octanol–water partition coefficient (Wildman–Crippen LogP) is 4.18. The molecule has 2 aromatic rings. The van der Waals surface area contributed by atoms with Gasteiger partial charge in [0.05, 0.1) is 6.61 Å². The van der Waals surface area contributed by atoms with Gasteiger partial charge in [-0.25, -0.2) is 0 Å². The normalized spacial score (nSPS) is 10.6. The Morgan fingerprint density at radius 1 is 1.00 bits per heavy atom. The number of hydrogen-bond donors (Lipinski definition) is 1. The summed E-state index contributed by atoms with van der Waals surface area (Å²) in [5.74, 6) is 0. The molecule has 0 aliphatic carbocycles. The second-order valence-corrected chi connectivity index (χ2v) is 5.44. The summed E-state index contributed by atoms with van der Waals surface area (Å²) in [6, 6.07) is 16.2. The van der Waals surface area contributed by atoms with E-state index in [2.05, 4.69) is 34.1 Å². The first-order valence-electron chi connectivity index (χ1n) is 6.40. The molecule has 2 nitrogen and oxygen atoms in total. The molecule has 3 heteroatoms. The Morgan fingerprint density at radius 2 is 1.79 bits per heavy atom. The van der Waals surface area contributed by atoms with Crippen LogP contribution in [0.4, 0.5) is 5.69 Å². The van der Waals surface area contributed by atoms with E-state index < -0.39 is 0 Å². The minimum atomic E-state index is 0.671. The number of hydrogen-bond acceptors (Lipinski definition) is 2. The van der Waals surface area contributed by atoms with Gasteiger partial charge in [0.15, 0.2) is 0 Å². The van der Waals surface area contributed by atoms with Crippen LogP contribution in [0.15, 0.2) is 53.0 Å². The number of rotatable bonds is 6. The van der Waals surface area contributed by atoms with Crippen LogP contribution in [0.1, 0.15) is 17.5 Å². The molecule has 0 saturated heterocycles. The van der Waals surface area contributed by atoms with Gasteiger partial charge >= 0.3 is 0 Å². The highest BCUT2D eigenvalue weighted by Gasteiger charge is 1.96. The number of aryl methyl sites for hydroxylation is 1. The molecule has 0 aliphatic heterocycles. The van der Waals surface area contributed by atoms with Crippen molar-refractivity contribution in [3.63, 3.8) is 0 Å². The van der Waals surface area contributed by atoms with Crippen molar-refractivity contribution in [2.24, 2.45) is 0 Å². The maximum Gasteiger partial charge on any atom is 0.0716 e. The fraction of sp³-hybridized carbons (Fsp3) is 0.250. The third-order valence-corrected chi connectivity index (χ3v) is 3.42. The molecule has 2 N–H and O–H groups in total. The van der Waals surface area contributed by atoms with Gasteiger partial charge in [0.25, 0.3) is 0 Å². The van der Waals surface area contributed by atoms with Crippen LogP contribution in [0.3, 0.4) is 0 Å². The maximum atomic E-state index is 5.74.